The maximum Gasteiger partial charge on any atom is 0.168 e. The smallest absolute Gasteiger partial charge is 0.168 e. The van der Waals surface area contributed by atoms with E-state index in [1.54, 1.807) is 7.11 Å². The van der Waals surface area contributed by atoms with Crippen molar-refractivity contribution in [2.45, 2.75) is 45.4 Å². The van der Waals surface area contributed by atoms with Gasteiger partial charge in [-0.15, -0.1) is 5.10 Å². The molecule has 0 amide bonds. The molecule has 0 aliphatic heterocycles. The molecule has 1 heterocycles. The molecule has 1 N–H and O–H groups in total. The molecule has 17 heavy (non-hydrogen) atoms. The summed E-state index contributed by atoms with van der Waals surface area (Å²) in [6.45, 7) is 6.46. The number of methoxy groups -OCH3 is 1. The van der Waals surface area contributed by atoms with E-state index in [-0.39, 0.29) is 17.6 Å². The predicted octanol–water partition coefficient (Wildman–Crippen LogP) is 0.939. The first kappa shape index (κ1) is 12.4. The summed E-state index contributed by atoms with van der Waals surface area (Å²) in [6, 6.07) is 0.468. The number of aromatic nitrogens is 4. The molecule has 6 heteroatoms. The van der Waals surface area contributed by atoms with Crippen LogP contribution < -0.4 is 5.32 Å². The van der Waals surface area contributed by atoms with Crippen molar-refractivity contribution in [2.24, 2.45) is 5.41 Å². The molecule has 0 radical (unpaired) electrons. The van der Waals surface area contributed by atoms with E-state index >= 15 is 0 Å². The van der Waals surface area contributed by atoms with E-state index in [0.29, 0.717) is 6.04 Å². The molecular weight excluding hydrogens is 218 g/mol. The Hall–Kier alpha value is -1.01. The lowest BCUT2D eigenvalue weighted by molar-refractivity contribution is -0.117. The second-order valence-corrected chi connectivity index (χ2v) is 5.29. The third-order valence-corrected chi connectivity index (χ3v) is 4.04. The predicted molar refractivity (Wildman–Crippen MR) is 63.5 cm³/mol. The first-order chi connectivity index (χ1) is 8.02. The van der Waals surface area contributed by atoms with Gasteiger partial charge in [0.05, 0.1) is 18.2 Å². The van der Waals surface area contributed by atoms with Gasteiger partial charge >= 0.3 is 0 Å². The van der Waals surface area contributed by atoms with Crippen LogP contribution in [0, 0.1) is 5.41 Å². The molecule has 0 saturated heterocycles. The summed E-state index contributed by atoms with van der Waals surface area (Å²) in [6.07, 6.45) is 1.26. The van der Waals surface area contributed by atoms with Gasteiger partial charge in [0.15, 0.2) is 5.82 Å². The van der Waals surface area contributed by atoms with Gasteiger partial charge in [0.2, 0.25) is 0 Å². The summed E-state index contributed by atoms with van der Waals surface area (Å²) in [5.74, 6) is 0.889. The standard InChI is InChI=1S/C11H21N5O/c1-7(12-4)10-13-14-15-16(10)8-6-9(17-5)11(8,2)3/h7-9,12H,6H2,1-5H3. The summed E-state index contributed by atoms with van der Waals surface area (Å²) in [7, 11) is 3.67. The fourth-order valence-electron chi connectivity index (χ4n) is 2.52. The lowest BCUT2D eigenvalue weighted by Gasteiger charge is -2.50. The van der Waals surface area contributed by atoms with Gasteiger partial charge in [-0.1, -0.05) is 13.8 Å². The van der Waals surface area contributed by atoms with Crippen LogP contribution in [0.3, 0.4) is 0 Å². The van der Waals surface area contributed by atoms with Crippen LogP contribution in [0.15, 0.2) is 0 Å². The zero-order chi connectivity index (χ0) is 12.6. The molecule has 96 valence electrons. The van der Waals surface area contributed by atoms with Crippen LogP contribution >= 0.6 is 0 Å². The molecule has 2 rings (SSSR count). The Morgan fingerprint density at radius 1 is 1.53 bits per heavy atom. The number of hydrogen-bond acceptors (Lipinski definition) is 5. The molecule has 3 unspecified atom stereocenters. The van der Waals surface area contributed by atoms with Crippen molar-refractivity contribution in [3.05, 3.63) is 5.82 Å². The number of nitrogens with zero attached hydrogens (tertiary/aromatic N) is 4. The fourth-order valence-corrected chi connectivity index (χ4v) is 2.52. The molecule has 0 aromatic carbocycles. The first-order valence-corrected chi connectivity index (χ1v) is 6.00. The van der Waals surface area contributed by atoms with Crippen molar-refractivity contribution in [3.8, 4) is 0 Å². The van der Waals surface area contributed by atoms with Crippen LogP contribution in [-0.4, -0.2) is 40.5 Å². The Bertz CT molecular complexity index is 389. The third-order valence-electron chi connectivity index (χ3n) is 4.04. The zero-order valence-corrected chi connectivity index (χ0v) is 11.1. The van der Waals surface area contributed by atoms with E-state index in [4.69, 9.17) is 4.74 Å². The number of ether oxygens (including phenoxy) is 1. The fraction of sp³-hybridized carbons (Fsp3) is 0.909. The second-order valence-electron chi connectivity index (χ2n) is 5.29. The van der Waals surface area contributed by atoms with E-state index in [2.05, 4.69) is 41.6 Å². The Kier molecular flexibility index (Phi) is 3.18. The van der Waals surface area contributed by atoms with Crippen molar-refractivity contribution in [1.82, 2.24) is 25.5 Å². The lowest BCUT2D eigenvalue weighted by Crippen LogP contribution is -2.52. The van der Waals surface area contributed by atoms with Gasteiger partial charge in [0.1, 0.15) is 0 Å². The molecule has 0 spiro atoms. The molecule has 1 fully saturated rings. The quantitative estimate of drug-likeness (QED) is 0.847. The van der Waals surface area contributed by atoms with Crippen LogP contribution in [-0.2, 0) is 4.74 Å². The minimum absolute atomic E-state index is 0.0757. The average molecular weight is 239 g/mol. The molecule has 0 bridgehead atoms. The van der Waals surface area contributed by atoms with Gasteiger partial charge < -0.3 is 10.1 Å². The molecule has 1 aliphatic carbocycles. The zero-order valence-electron chi connectivity index (χ0n) is 11.1. The summed E-state index contributed by atoms with van der Waals surface area (Å²) in [4.78, 5) is 0. The van der Waals surface area contributed by atoms with Crippen molar-refractivity contribution >= 4 is 0 Å². The van der Waals surface area contributed by atoms with E-state index < -0.39 is 0 Å². The van der Waals surface area contributed by atoms with Crippen LogP contribution in [0.2, 0.25) is 0 Å². The topological polar surface area (TPSA) is 64.9 Å². The Balaban J connectivity index is 2.22. The minimum atomic E-state index is 0.0757. The highest BCUT2D eigenvalue weighted by Gasteiger charge is 2.51. The van der Waals surface area contributed by atoms with E-state index in [1.807, 2.05) is 11.7 Å². The van der Waals surface area contributed by atoms with Gasteiger partial charge in [-0.3, -0.25) is 0 Å². The lowest BCUT2D eigenvalue weighted by atomic mass is 9.64. The second kappa shape index (κ2) is 4.34. The first-order valence-electron chi connectivity index (χ1n) is 6.00. The van der Waals surface area contributed by atoms with E-state index in [9.17, 15) is 0 Å². The highest BCUT2D eigenvalue weighted by atomic mass is 16.5. The summed E-state index contributed by atoms with van der Waals surface area (Å²) < 4.78 is 7.40. The van der Waals surface area contributed by atoms with Crippen LogP contribution in [0.1, 0.15) is 45.1 Å². The summed E-state index contributed by atoms with van der Waals surface area (Å²) >= 11 is 0. The van der Waals surface area contributed by atoms with Gasteiger partial charge in [-0.05, 0) is 30.8 Å². The van der Waals surface area contributed by atoms with Crippen molar-refractivity contribution < 1.29 is 4.74 Å². The van der Waals surface area contributed by atoms with E-state index in [0.717, 1.165) is 12.2 Å². The number of nitrogens with one attached hydrogen (secondary N) is 1. The van der Waals surface area contributed by atoms with Crippen LogP contribution in [0.25, 0.3) is 0 Å². The van der Waals surface area contributed by atoms with E-state index in [1.165, 1.54) is 0 Å². The molecular formula is C11H21N5O. The number of tetrazole rings is 1. The largest absolute Gasteiger partial charge is 0.381 e. The molecule has 1 aliphatic rings. The Morgan fingerprint density at radius 3 is 2.76 bits per heavy atom. The van der Waals surface area contributed by atoms with Gasteiger partial charge in [0.25, 0.3) is 0 Å². The van der Waals surface area contributed by atoms with Gasteiger partial charge in [0, 0.05) is 12.5 Å². The monoisotopic (exact) mass is 239 g/mol. The highest BCUT2D eigenvalue weighted by molar-refractivity contribution is 5.04. The maximum atomic E-state index is 5.46. The average Bonchev–Trinajstić information content (AvgIpc) is 2.76. The molecule has 1 saturated carbocycles. The van der Waals surface area contributed by atoms with Crippen molar-refractivity contribution in [1.29, 1.82) is 0 Å². The molecule has 1 aromatic heterocycles. The number of hydrogen-bond donors (Lipinski definition) is 1. The summed E-state index contributed by atoms with van der Waals surface area (Å²) in [5.41, 5.74) is 0.0757. The van der Waals surface area contributed by atoms with Crippen molar-refractivity contribution in [2.75, 3.05) is 14.2 Å². The Morgan fingerprint density at radius 2 is 2.24 bits per heavy atom. The SMILES string of the molecule is CNC(C)c1nnnn1C1CC(OC)C1(C)C. The van der Waals surface area contributed by atoms with Gasteiger partial charge in [-0.2, -0.15) is 0 Å². The molecule has 1 aromatic rings. The third kappa shape index (κ3) is 1.85. The maximum absolute atomic E-state index is 5.46. The molecule has 3 atom stereocenters. The minimum Gasteiger partial charge on any atom is -0.381 e. The normalized spacial score (nSPS) is 28.8. The van der Waals surface area contributed by atoms with Crippen molar-refractivity contribution in [3.63, 3.8) is 0 Å². The highest BCUT2D eigenvalue weighted by Crippen LogP contribution is 2.51. The Labute approximate surface area is 102 Å². The summed E-state index contributed by atoms with van der Waals surface area (Å²) in [5, 5.41) is 15.2. The number of rotatable bonds is 4. The van der Waals surface area contributed by atoms with Gasteiger partial charge in [-0.25, -0.2) is 4.68 Å². The van der Waals surface area contributed by atoms with Crippen LogP contribution in [0.4, 0.5) is 0 Å². The van der Waals surface area contributed by atoms with Crippen LogP contribution in [0.5, 0.6) is 0 Å². The molecule has 6 nitrogen and oxygen atoms in total.